The van der Waals surface area contributed by atoms with E-state index in [1.54, 1.807) is 0 Å². The maximum atomic E-state index is 5.21. The molecule has 0 N–H and O–H groups in total. The summed E-state index contributed by atoms with van der Waals surface area (Å²) >= 11 is 0. The van der Waals surface area contributed by atoms with Crippen molar-refractivity contribution in [2.45, 2.75) is 13.3 Å². The molecule has 250 valence electrons. The van der Waals surface area contributed by atoms with E-state index in [9.17, 15) is 0 Å². The lowest BCUT2D eigenvalue weighted by Gasteiger charge is -2.16. The van der Waals surface area contributed by atoms with E-state index in [0.717, 1.165) is 33.7 Å². The van der Waals surface area contributed by atoms with Crippen molar-refractivity contribution in [2.24, 2.45) is 0 Å². The standard InChI is InChI=1S/C50H35N3/c1-33-14-8-10-20-40(33)43-30-36(24-25-38(43)32-48-51-45-23-13-12-22-42(45)50(52-48)35-16-4-2-5-17-35)37-27-28-46-44(31-37)49-41-21-11-9-15-34(41)26-29-47(49)53(46)39-18-6-3-7-19-39/h2-31H,32H2,1H3. The van der Waals surface area contributed by atoms with Crippen LogP contribution in [-0.2, 0) is 6.42 Å². The molecule has 0 fully saturated rings. The lowest BCUT2D eigenvalue weighted by atomic mass is 9.90. The first-order valence-electron chi connectivity index (χ1n) is 18.2. The zero-order chi connectivity index (χ0) is 35.3. The second kappa shape index (κ2) is 12.7. The van der Waals surface area contributed by atoms with Crippen LogP contribution >= 0.6 is 0 Å². The van der Waals surface area contributed by atoms with Crippen molar-refractivity contribution < 1.29 is 0 Å². The van der Waals surface area contributed by atoms with E-state index < -0.39 is 0 Å². The Morgan fingerprint density at radius 2 is 1.15 bits per heavy atom. The van der Waals surface area contributed by atoms with E-state index in [0.29, 0.717) is 6.42 Å². The van der Waals surface area contributed by atoms with Crippen LogP contribution in [0.5, 0.6) is 0 Å². The second-order valence-corrected chi connectivity index (χ2v) is 13.8. The molecule has 10 aromatic rings. The van der Waals surface area contributed by atoms with Crippen molar-refractivity contribution in [3.8, 4) is 39.2 Å². The number of hydrogen-bond acceptors (Lipinski definition) is 2. The van der Waals surface area contributed by atoms with Gasteiger partial charge in [-0.05, 0) is 93.5 Å². The van der Waals surface area contributed by atoms with Crippen LogP contribution in [-0.4, -0.2) is 14.5 Å². The second-order valence-electron chi connectivity index (χ2n) is 13.8. The van der Waals surface area contributed by atoms with Gasteiger partial charge in [-0.1, -0.05) is 140 Å². The third-order valence-electron chi connectivity index (χ3n) is 10.6. The first-order valence-corrected chi connectivity index (χ1v) is 18.2. The molecule has 0 unspecified atom stereocenters. The van der Waals surface area contributed by atoms with Crippen molar-refractivity contribution in [1.29, 1.82) is 0 Å². The van der Waals surface area contributed by atoms with E-state index >= 15 is 0 Å². The summed E-state index contributed by atoms with van der Waals surface area (Å²) in [7, 11) is 0. The topological polar surface area (TPSA) is 30.7 Å². The Hall–Kier alpha value is -6.84. The monoisotopic (exact) mass is 677 g/mol. The third kappa shape index (κ3) is 5.37. The molecule has 8 aromatic carbocycles. The number of fused-ring (bicyclic) bond motifs is 6. The average molecular weight is 678 g/mol. The third-order valence-corrected chi connectivity index (χ3v) is 10.6. The lowest BCUT2D eigenvalue weighted by molar-refractivity contribution is 0.997. The molecule has 0 aliphatic carbocycles. The summed E-state index contributed by atoms with van der Waals surface area (Å²) < 4.78 is 2.40. The van der Waals surface area contributed by atoms with Gasteiger partial charge in [-0.3, -0.25) is 0 Å². The Kier molecular flexibility index (Phi) is 7.43. The molecule has 10 rings (SSSR count). The number of nitrogens with zero attached hydrogens (tertiary/aromatic N) is 3. The number of aryl methyl sites for hydroxylation is 1. The average Bonchev–Trinajstić information content (AvgIpc) is 3.56. The summed E-state index contributed by atoms with van der Waals surface area (Å²) in [5.74, 6) is 0.812. The fourth-order valence-electron chi connectivity index (χ4n) is 8.05. The van der Waals surface area contributed by atoms with Gasteiger partial charge in [-0.2, -0.15) is 0 Å². The van der Waals surface area contributed by atoms with Gasteiger partial charge in [-0.15, -0.1) is 0 Å². The van der Waals surface area contributed by atoms with Crippen LogP contribution in [0.4, 0.5) is 0 Å². The Labute approximate surface area is 308 Å². The van der Waals surface area contributed by atoms with Gasteiger partial charge >= 0.3 is 0 Å². The summed E-state index contributed by atoms with van der Waals surface area (Å²) in [6, 6.07) is 65.2. The molecule has 0 bridgehead atoms. The molecule has 3 heteroatoms. The van der Waals surface area contributed by atoms with Gasteiger partial charge in [0.1, 0.15) is 5.82 Å². The molecule has 2 aromatic heterocycles. The van der Waals surface area contributed by atoms with Crippen molar-refractivity contribution in [2.75, 3.05) is 0 Å². The molecule has 0 aliphatic heterocycles. The Balaban J connectivity index is 1.15. The van der Waals surface area contributed by atoms with Crippen molar-refractivity contribution in [1.82, 2.24) is 14.5 Å². The van der Waals surface area contributed by atoms with Gasteiger partial charge in [-0.25, -0.2) is 9.97 Å². The first-order chi connectivity index (χ1) is 26.2. The maximum absolute atomic E-state index is 5.21. The zero-order valence-electron chi connectivity index (χ0n) is 29.4. The molecule has 0 amide bonds. The Bertz CT molecular complexity index is 2980. The van der Waals surface area contributed by atoms with Crippen LogP contribution in [0.2, 0.25) is 0 Å². The van der Waals surface area contributed by atoms with Gasteiger partial charge in [0.2, 0.25) is 0 Å². The van der Waals surface area contributed by atoms with Crippen LogP contribution in [0.15, 0.2) is 182 Å². The minimum atomic E-state index is 0.615. The van der Waals surface area contributed by atoms with Crippen LogP contribution in [0.1, 0.15) is 17.0 Å². The molecule has 2 heterocycles. The molecule has 0 radical (unpaired) electrons. The van der Waals surface area contributed by atoms with Gasteiger partial charge in [0.05, 0.1) is 22.2 Å². The largest absolute Gasteiger partial charge is 0.309 e. The van der Waals surface area contributed by atoms with Gasteiger partial charge < -0.3 is 4.57 Å². The smallest absolute Gasteiger partial charge is 0.134 e. The Morgan fingerprint density at radius 1 is 0.472 bits per heavy atom. The molecule has 0 atom stereocenters. The summed E-state index contributed by atoms with van der Waals surface area (Å²) in [6.45, 7) is 2.20. The fourth-order valence-corrected chi connectivity index (χ4v) is 8.05. The highest BCUT2D eigenvalue weighted by Gasteiger charge is 2.18. The van der Waals surface area contributed by atoms with E-state index in [2.05, 4.69) is 187 Å². The first kappa shape index (κ1) is 30.9. The van der Waals surface area contributed by atoms with E-state index in [1.165, 1.54) is 66.0 Å². The number of hydrogen-bond donors (Lipinski definition) is 0. The van der Waals surface area contributed by atoms with Gasteiger partial charge in [0.25, 0.3) is 0 Å². The number of benzene rings is 8. The predicted molar refractivity (Wildman–Crippen MR) is 222 cm³/mol. The number of rotatable bonds is 6. The summed E-state index contributed by atoms with van der Waals surface area (Å²) in [4.78, 5) is 10.3. The number of aromatic nitrogens is 3. The Morgan fingerprint density at radius 3 is 2.00 bits per heavy atom. The molecule has 0 spiro atoms. The minimum Gasteiger partial charge on any atom is -0.309 e. The lowest BCUT2D eigenvalue weighted by Crippen LogP contribution is -2.02. The fraction of sp³-hybridized carbons (Fsp3) is 0.0400. The van der Waals surface area contributed by atoms with E-state index in [1.807, 2.05) is 6.07 Å². The highest BCUT2D eigenvalue weighted by Crippen LogP contribution is 2.40. The summed E-state index contributed by atoms with van der Waals surface area (Å²) in [5, 5.41) is 6.10. The van der Waals surface area contributed by atoms with Gasteiger partial charge in [0, 0.05) is 33.8 Å². The molecular formula is C50H35N3. The number of para-hydroxylation sites is 2. The zero-order valence-corrected chi connectivity index (χ0v) is 29.4. The highest BCUT2D eigenvalue weighted by molar-refractivity contribution is 6.21. The molecule has 0 aliphatic rings. The summed E-state index contributed by atoms with van der Waals surface area (Å²) in [5.41, 5.74) is 13.8. The molecule has 3 nitrogen and oxygen atoms in total. The SMILES string of the molecule is Cc1ccccc1-c1cc(-c2ccc3c(c2)c2c4ccccc4ccc2n3-c2ccccc2)ccc1Cc1nc(-c2ccccc2)c2ccccc2n1. The van der Waals surface area contributed by atoms with Gasteiger partial charge in [0.15, 0.2) is 0 Å². The van der Waals surface area contributed by atoms with Crippen LogP contribution < -0.4 is 0 Å². The highest BCUT2D eigenvalue weighted by atomic mass is 15.0. The van der Waals surface area contributed by atoms with Crippen LogP contribution in [0.3, 0.4) is 0 Å². The van der Waals surface area contributed by atoms with Crippen molar-refractivity contribution in [3.05, 3.63) is 199 Å². The minimum absolute atomic E-state index is 0.615. The maximum Gasteiger partial charge on any atom is 0.134 e. The van der Waals surface area contributed by atoms with Crippen molar-refractivity contribution in [3.63, 3.8) is 0 Å². The molecule has 0 saturated heterocycles. The van der Waals surface area contributed by atoms with Crippen LogP contribution in [0, 0.1) is 6.92 Å². The van der Waals surface area contributed by atoms with Crippen LogP contribution in [0.25, 0.3) is 82.7 Å². The normalized spacial score (nSPS) is 11.6. The molecular weight excluding hydrogens is 643 g/mol. The molecule has 53 heavy (non-hydrogen) atoms. The van der Waals surface area contributed by atoms with E-state index in [-0.39, 0.29) is 0 Å². The van der Waals surface area contributed by atoms with E-state index in [4.69, 9.17) is 9.97 Å². The summed E-state index contributed by atoms with van der Waals surface area (Å²) in [6.07, 6.45) is 0.615. The quantitative estimate of drug-likeness (QED) is 0.175. The predicted octanol–water partition coefficient (Wildman–Crippen LogP) is 12.8. The van der Waals surface area contributed by atoms with Crippen molar-refractivity contribution >= 4 is 43.5 Å². The molecule has 0 saturated carbocycles.